The zero-order valence-corrected chi connectivity index (χ0v) is 15.9. The molecule has 10 nitrogen and oxygen atoms in total. The number of hydrogen-bond donors (Lipinski definition) is 4. The van der Waals surface area contributed by atoms with Crippen molar-refractivity contribution >= 4 is 53.6 Å². The van der Waals surface area contributed by atoms with Crippen LogP contribution in [0.15, 0.2) is 0 Å². The van der Waals surface area contributed by atoms with E-state index in [4.69, 9.17) is 29.4 Å². The van der Waals surface area contributed by atoms with Crippen LogP contribution in [0.4, 0.5) is 0 Å². The van der Waals surface area contributed by atoms with Gasteiger partial charge in [0.25, 0.3) is 20.2 Å². The first-order valence-corrected chi connectivity index (χ1v) is 12.3. The largest absolute Gasteiger partial charge is 0.480 e. The molecule has 0 aromatic rings. The van der Waals surface area contributed by atoms with E-state index in [9.17, 15) is 16.8 Å². The lowest BCUT2D eigenvalue weighted by Gasteiger charge is -2.07. The van der Waals surface area contributed by atoms with E-state index in [1.54, 1.807) is 0 Å². The van der Waals surface area contributed by atoms with Gasteiger partial charge in [0.05, 0.1) is 0 Å². The third-order valence-corrected chi connectivity index (χ3v) is 5.92. The van der Waals surface area contributed by atoms with Gasteiger partial charge in [0.1, 0.15) is 24.7 Å². The summed E-state index contributed by atoms with van der Waals surface area (Å²) in [5.41, 5.74) is 0. The second-order valence-corrected chi connectivity index (χ2v) is 10.1. The molecule has 0 amide bonds. The Morgan fingerprint density at radius 2 is 1.12 bits per heavy atom. The normalized spacial score (nSPS) is 11.9. The zero-order valence-electron chi connectivity index (χ0n) is 12.6. The summed E-state index contributed by atoms with van der Waals surface area (Å²) >= 11 is 0. The summed E-state index contributed by atoms with van der Waals surface area (Å²) in [6.07, 6.45) is 0.594. The smallest absolute Gasteiger partial charge is 0.268 e. The Bertz CT molecular complexity index is 550. The summed E-state index contributed by atoms with van der Waals surface area (Å²) in [6, 6.07) is 0. The van der Waals surface area contributed by atoms with Gasteiger partial charge < -0.3 is 9.47 Å². The fourth-order valence-electron chi connectivity index (χ4n) is 1.07. The predicted molar refractivity (Wildman–Crippen MR) is 94.3 cm³/mol. The predicted octanol–water partition coefficient (Wildman–Crippen LogP) is 0.911. The fraction of sp³-hybridized carbons (Fsp3) is 0.800. The highest BCUT2D eigenvalue weighted by atomic mass is 33.1. The third kappa shape index (κ3) is 17.8. The van der Waals surface area contributed by atoms with Crippen LogP contribution >= 0.6 is 21.6 Å². The van der Waals surface area contributed by atoms with Crippen LogP contribution in [0, 0.1) is 10.8 Å². The van der Waals surface area contributed by atoms with Gasteiger partial charge in [-0.3, -0.25) is 19.9 Å². The first-order chi connectivity index (χ1) is 11.0. The fourth-order valence-corrected chi connectivity index (χ4v) is 3.64. The molecular formula is C10H20N2O8S4. The molecule has 0 aliphatic heterocycles. The van der Waals surface area contributed by atoms with E-state index >= 15 is 0 Å². The standard InChI is InChI=1S/C10H20N2O8S4/c11-9(19-3-7-23(13,14)15)1-5-21-22-6-2-10(12)20-4-8-24(16,17)18/h11-12H,1-8H2,(H,13,14,15)(H,16,17,18). The minimum Gasteiger partial charge on any atom is -0.480 e. The highest BCUT2D eigenvalue weighted by Gasteiger charge is 2.07. The first-order valence-electron chi connectivity index (χ1n) is 6.55. The van der Waals surface area contributed by atoms with E-state index in [0.29, 0.717) is 24.3 Å². The Morgan fingerprint density at radius 3 is 1.42 bits per heavy atom. The minimum atomic E-state index is -4.09. The molecule has 0 aliphatic carbocycles. The van der Waals surface area contributed by atoms with Crippen molar-refractivity contribution in [3.8, 4) is 0 Å². The number of hydrogen-bond acceptors (Lipinski definition) is 10. The average Bonchev–Trinajstić information content (AvgIpc) is 2.39. The summed E-state index contributed by atoms with van der Waals surface area (Å²) < 4.78 is 68.4. The third-order valence-electron chi connectivity index (χ3n) is 2.14. The molecule has 4 N–H and O–H groups in total. The average molecular weight is 425 g/mol. The van der Waals surface area contributed by atoms with Crippen LogP contribution in [0.3, 0.4) is 0 Å². The summed E-state index contributed by atoms with van der Waals surface area (Å²) in [7, 11) is -5.31. The SMILES string of the molecule is N=C(CCSSCCC(=N)OCCS(=O)(=O)O)OCCS(=O)(=O)O. The molecule has 0 radical (unpaired) electrons. The Morgan fingerprint density at radius 1 is 0.792 bits per heavy atom. The van der Waals surface area contributed by atoms with Crippen LogP contribution in [0.1, 0.15) is 12.8 Å². The zero-order chi connectivity index (χ0) is 18.6. The maximum atomic E-state index is 10.4. The number of ether oxygens (including phenoxy) is 2. The maximum absolute atomic E-state index is 10.4. The second-order valence-electron chi connectivity index (χ2n) is 4.26. The first kappa shape index (κ1) is 23.5. The van der Waals surface area contributed by atoms with E-state index in [1.807, 2.05) is 0 Å². The summed E-state index contributed by atoms with van der Waals surface area (Å²) in [5.74, 6) is -0.173. The van der Waals surface area contributed by atoms with Crippen LogP contribution in [-0.4, -0.2) is 74.0 Å². The van der Waals surface area contributed by atoms with Gasteiger partial charge in [0, 0.05) is 24.3 Å². The van der Waals surface area contributed by atoms with Gasteiger partial charge in [-0.25, -0.2) is 0 Å². The molecule has 0 bridgehead atoms. The van der Waals surface area contributed by atoms with E-state index in [-0.39, 0.29) is 25.0 Å². The van der Waals surface area contributed by atoms with Gasteiger partial charge in [0.15, 0.2) is 11.8 Å². The van der Waals surface area contributed by atoms with Gasteiger partial charge in [-0.15, -0.1) is 0 Å². The van der Waals surface area contributed by atoms with Crippen molar-refractivity contribution in [3.05, 3.63) is 0 Å². The van der Waals surface area contributed by atoms with Gasteiger partial charge in [-0.1, -0.05) is 21.6 Å². The molecule has 0 saturated heterocycles. The highest BCUT2D eigenvalue weighted by molar-refractivity contribution is 8.76. The van der Waals surface area contributed by atoms with Crippen LogP contribution in [0.5, 0.6) is 0 Å². The molecule has 142 valence electrons. The van der Waals surface area contributed by atoms with Crippen molar-refractivity contribution in [3.63, 3.8) is 0 Å². The lowest BCUT2D eigenvalue weighted by atomic mass is 10.5. The van der Waals surface area contributed by atoms with Gasteiger partial charge in [0.2, 0.25) is 0 Å². The molecule has 0 aromatic carbocycles. The quantitative estimate of drug-likeness (QED) is 0.109. The van der Waals surface area contributed by atoms with Crippen molar-refractivity contribution < 1.29 is 35.4 Å². The minimum absolute atomic E-state index is 0.0759. The highest BCUT2D eigenvalue weighted by Crippen LogP contribution is 2.23. The molecule has 0 aliphatic rings. The van der Waals surface area contributed by atoms with E-state index < -0.39 is 31.7 Å². The molecule has 0 saturated carbocycles. The molecule has 0 heterocycles. The molecule has 0 atom stereocenters. The van der Waals surface area contributed by atoms with E-state index in [2.05, 4.69) is 0 Å². The van der Waals surface area contributed by atoms with Gasteiger partial charge >= 0.3 is 0 Å². The number of nitrogens with one attached hydrogen (secondary N) is 2. The monoisotopic (exact) mass is 424 g/mol. The lowest BCUT2D eigenvalue weighted by Crippen LogP contribution is -2.14. The van der Waals surface area contributed by atoms with Crippen molar-refractivity contribution in [2.24, 2.45) is 0 Å². The van der Waals surface area contributed by atoms with Crippen molar-refractivity contribution in [1.82, 2.24) is 0 Å². The van der Waals surface area contributed by atoms with E-state index in [1.165, 1.54) is 21.6 Å². The molecule has 14 heteroatoms. The molecule has 0 unspecified atom stereocenters. The Kier molecular flexibility index (Phi) is 11.6. The van der Waals surface area contributed by atoms with Gasteiger partial charge in [-0.2, -0.15) is 16.8 Å². The Labute approximate surface area is 149 Å². The maximum Gasteiger partial charge on any atom is 0.268 e. The summed E-state index contributed by atoms with van der Waals surface area (Å²) in [6.45, 7) is -0.541. The topological polar surface area (TPSA) is 175 Å². The van der Waals surface area contributed by atoms with Crippen LogP contribution in [0.2, 0.25) is 0 Å². The Balaban J connectivity index is 3.53. The molecule has 0 rings (SSSR count). The molecule has 0 fully saturated rings. The van der Waals surface area contributed by atoms with Crippen molar-refractivity contribution in [1.29, 1.82) is 10.8 Å². The summed E-state index contributed by atoms with van der Waals surface area (Å²) in [5, 5.41) is 14.9. The molecule has 0 aromatic heterocycles. The van der Waals surface area contributed by atoms with Crippen LogP contribution < -0.4 is 0 Å². The molecular weight excluding hydrogens is 404 g/mol. The summed E-state index contributed by atoms with van der Waals surface area (Å²) in [4.78, 5) is 0. The van der Waals surface area contributed by atoms with E-state index in [0.717, 1.165) is 0 Å². The lowest BCUT2D eigenvalue weighted by molar-refractivity contribution is 0.312. The second kappa shape index (κ2) is 11.9. The van der Waals surface area contributed by atoms with Crippen LogP contribution in [0.25, 0.3) is 0 Å². The number of rotatable bonds is 13. The Hall–Kier alpha value is -0.540. The molecule has 0 spiro atoms. The van der Waals surface area contributed by atoms with Gasteiger partial charge in [-0.05, 0) is 0 Å². The molecule has 24 heavy (non-hydrogen) atoms. The van der Waals surface area contributed by atoms with Crippen LogP contribution in [-0.2, 0) is 29.7 Å². The van der Waals surface area contributed by atoms with Crippen molar-refractivity contribution in [2.45, 2.75) is 12.8 Å². The van der Waals surface area contributed by atoms with Crippen molar-refractivity contribution in [2.75, 3.05) is 36.2 Å².